The monoisotopic (exact) mass is 297 g/mol. The summed E-state index contributed by atoms with van der Waals surface area (Å²) < 4.78 is 0. The first-order valence-electron chi connectivity index (χ1n) is 6.59. The minimum atomic E-state index is 0.733. The van der Waals surface area contributed by atoms with E-state index in [4.69, 9.17) is 0 Å². The number of anilines is 1. The summed E-state index contributed by atoms with van der Waals surface area (Å²) >= 11 is 1.67. The van der Waals surface area contributed by atoms with Gasteiger partial charge in [-0.1, -0.05) is 6.07 Å². The van der Waals surface area contributed by atoms with Crippen LogP contribution < -0.4 is 5.43 Å². The van der Waals surface area contributed by atoms with Crippen molar-refractivity contribution in [3.05, 3.63) is 46.9 Å². The molecule has 0 aromatic carbocycles. The Morgan fingerprint density at radius 1 is 1.19 bits per heavy atom. The van der Waals surface area contributed by atoms with Gasteiger partial charge < -0.3 is 0 Å². The highest BCUT2D eigenvalue weighted by Gasteiger charge is 2.11. The third-order valence-electron chi connectivity index (χ3n) is 3.33. The Hall–Kier alpha value is -2.34. The van der Waals surface area contributed by atoms with Crippen LogP contribution in [0.3, 0.4) is 0 Å². The molecule has 21 heavy (non-hydrogen) atoms. The van der Waals surface area contributed by atoms with Crippen LogP contribution in [0, 0.1) is 13.8 Å². The molecule has 0 aliphatic heterocycles. The second-order valence-electron chi connectivity index (χ2n) is 4.71. The summed E-state index contributed by atoms with van der Waals surface area (Å²) in [6.45, 7) is 6.09. The molecule has 0 unspecified atom stereocenters. The molecule has 0 saturated heterocycles. The van der Waals surface area contributed by atoms with Crippen LogP contribution in [0.5, 0.6) is 0 Å². The molecule has 1 N–H and O–H groups in total. The van der Waals surface area contributed by atoms with Crippen molar-refractivity contribution in [2.45, 2.75) is 20.8 Å². The molecule has 0 radical (unpaired) electrons. The number of hydrogen-bond acceptors (Lipinski definition) is 6. The SMILES string of the molecule is CC(=NNc1ncnc2sc(C)c(C)c12)c1ccccn1. The van der Waals surface area contributed by atoms with Crippen LogP contribution in [0.25, 0.3) is 10.2 Å². The van der Waals surface area contributed by atoms with Gasteiger partial charge in [0, 0.05) is 11.1 Å². The number of thiophene rings is 1. The zero-order valence-corrected chi connectivity index (χ0v) is 12.9. The molecule has 6 heteroatoms. The van der Waals surface area contributed by atoms with E-state index in [9.17, 15) is 0 Å². The van der Waals surface area contributed by atoms with Crippen molar-refractivity contribution in [3.63, 3.8) is 0 Å². The molecule has 0 bridgehead atoms. The molecule has 0 fully saturated rings. The number of nitrogens with zero attached hydrogens (tertiary/aromatic N) is 4. The molecular formula is C15H15N5S. The van der Waals surface area contributed by atoms with Crippen LogP contribution in [0.15, 0.2) is 35.8 Å². The van der Waals surface area contributed by atoms with Gasteiger partial charge in [-0.3, -0.25) is 10.4 Å². The third kappa shape index (κ3) is 2.62. The summed E-state index contributed by atoms with van der Waals surface area (Å²) in [6, 6.07) is 5.75. The highest BCUT2D eigenvalue weighted by atomic mass is 32.1. The third-order valence-corrected chi connectivity index (χ3v) is 4.45. The van der Waals surface area contributed by atoms with E-state index in [0.717, 1.165) is 27.4 Å². The van der Waals surface area contributed by atoms with E-state index in [1.54, 1.807) is 23.9 Å². The quantitative estimate of drug-likeness (QED) is 0.593. The maximum atomic E-state index is 4.38. The Balaban J connectivity index is 1.96. The first-order chi connectivity index (χ1) is 10.2. The molecule has 0 aliphatic rings. The predicted octanol–water partition coefficient (Wildman–Crippen LogP) is 3.54. The van der Waals surface area contributed by atoms with Crippen molar-refractivity contribution in [1.29, 1.82) is 0 Å². The smallest absolute Gasteiger partial charge is 0.158 e. The van der Waals surface area contributed by atoms with Crippen LogP contribution in [0.4, 0.5) is 5.82 Å². The number of hydrazone groups is 1. The number of pyridine rings is 1. The minimum absolute atomic E-state index is 0.733. The van der Waals surface area contributed by atoms with Crippen LogP contribution in [-0.2, 0) is 0 Å². The molecule has 0 aliphatic carbocycles. The van der Waals surface area contributed by atoms with E-state index in [1.165, 1.54) is 10.4 Å². The van der Waals surface area contributed by atoms with Crippen molar-refractivity contribution < 1.29 is 0 Å². The van der Waals surface area contributed by atoms with Gasteiger partial charge in [0.2, 0.25) is 0 Å². The molecule has 0 saturated carbocycles. The average molecular weight is 297 g/mol. The molecule has 3 aromatic heterocycles. The van der Waals surface area contributed by atoms with Crippen molar-refractivity contribution in [3.8, 4) is 0 Å². The second-order valence-corrected chi connectivity index (χ2v) is 5.91. The fraction of sp³-hybridized carbons (Fsp3) is 0.200. The molecule has 5 nitrogen and oxygen atoms in total. The van der Waals surface area contributed by atoms with Gasteiger partial charge in [0.15, 0.2) is 5.82 Å². The van der Waals surface area contributed by atoms with Gasteiger partial charge in [-0.2, -0.15) is 5.10 Å². The van der Waals surface area contributed by atoms with E-state index in [-0.39, 0.29) is 0 Å². The minimum Gasteiger partial charge on any atom is -0.260 e. The molecular weight excluding hydrogens is 282 g/mol. The highest BCUT2D eigenvalue weighted by molar-refractivity contribution is 7.18. The van der Waals surface area contributed by atoms with Crippen LogP contribution >= 0.6 is 11.3 Å². The number of aryl methyl sites for hydroxylation is 2. The number of aromatic nitrogens is 3. The molecule has 0 spiro atoms. The van der Waals surface area contributed by atoms with Gasteiger partial charge in [-0.05, 0) is 38.5 Å². The maximum absolute atomic E-state index is 4.38. The van der Waals surface area contributed by atoms with Gasteiger partial charge in [-0.15, -0.1) is 11.3 Å². The number of rotatable bonds is 3. The van der Waals surface area contributed by atoms with Crippen LogP contribution in [-0.4, -0.2) is 20.7 Å². The standard InChI is InChI=1S/C15H15N5S/c1-9-11(3)21-15-13(9)14(17-8-18-15)20-19-10(2)12-6-4-5-7-16-12/h4-8H,1-3H3,(H,17,18,20). The first-order valence-corrected chi connectivity index (χ1v) is 7.41. The Bertz CT molecular complexity index is 808. The van der Waals surface area contributed by atoms with Crippen LogP contribution in [0.1, 0.15) is 23.1 Å². The molecule has 106 valence electrons. The number of hydrogen-bond donors (Lipinski definition) is 1. The molecule has 0 atom stereocenters. The highest BCUT2D eigenvalue weighted by Crippen LogP contribution is 2.32. The zero-order chi connectivity index (χ0) is 14.8. The molecule has 3 rings (SSSR count). The zero-order valence-electron chi connectivity index (χ0n) is 12.1. The lowest BCUT2D eigenvalue weighted by atomic mass is 10.2. The largest absolute Gasteiger partial charge is 0.260 e. The van der Waals surface area contributed by atoms with E-state index in [0.29, 0.717) is 0 Å². The fourth-order valence-corrected chi connectivity index (χ4v) is 3.03. The average Bonchev–Trinajstić information content (AvgIpc) is 2.81. The Morgan fingerprint density at radius 3 is 2.81 bits per heavy atom. The van der Waals surface area contributed by atoms with Gasteiger partial charge in [0.05, 0.1) is 16.8 Å². The Kier molecular flexibility index (Phi) is 3.62. The lowest BCUT2D eigenvalue weighted by Gasteiger charge is -2.04. The molecule has 3 heterocycles. The van der Waals surface area contributed by atoms with E-state index < -0.39 is 0 Å². The number of fused-ring (bicyclic) bond motifs is 1. The predicted molar refractivity (Wildman–Crippen MR) is 87.0 cm³/mol. The van der Waals surface area contributed by atoms with Gasteiger partial charge in [0.25, 0.3) is 0 Å². The lowest BCUT2D eigenvalue weighted by Crippen LogP contribution is -2.03. The van der Waals surface area contributed by atoms with E-state index >= 15 is 0 Å². The second kappa shape index (κ2) is 5.57. The maximum Gasteiger partial charge on any atom is 0.158 e. The van der Waals surface area contributed by atoms with Gasteiger partial charge >= 0.3 is 0 Å². The first kappa shape index (κ1) is 13.6. The van der Waals surface area contributed by atoms with Crippen molar-refractivity contribution in [2.75, 3.05) is 5.43 Å². The summed E-state index contributed by atoms with van der Waals surface area (Å²) in [5.41, 5.74) is 5.89. The van der Waals surface area contributed by atoms with E-state index in [1.807, 2.05) is 25.1 Å². The fourth-order valence-electron chi connectivity index (χ4n) is 2.04. The van der Waals surface area contributed by atoms with Gasteiger partial charge in [-0.25, -0.2) is 9.97 Å². The Morgan fingerprint density at radius 2 is 2.05 bits per heavy atom. The topological polar surface area (TPSA) is 63.1 Å². The number of nitrogens with one attached hydrogen (secondary N) is 1. The summed E-state index contributed by atoms with van der Waals surface area (Å²) in [5, 5.41) is 5.42. The van der Waals surface area contributed by atoms with Crippen LogP contribution in [0.2, 0.25) is 0 Å². The van der Waals surface area contributed by atoms with Crippen molar-refractivity contribution in [2.24, 2.45) is 5.10 Å². The Labute approximate surface area is 126 Å². The van der Waals surface area contributed by atoms with Crippen molar-refractivity contribution >= 4 is 33.1 Å². The van der Waals surface area contributed by atoms with Gasteiger partial charge in [0.1, 0.15) is 11.2 Å². The summed E-state index contributed by atoms with van der Waals surface area (Å²) in [4.78, 5) is 15.1. The lowest BCUT2D eigenvalue weighted by molar-refractivity contribution is 1.17. The summed E-state index contributed by atoms with van der Waals surface area (Å²) in [7, 11) is 0. The summed E-state index contributed by atoms with van der Waals surface area (Å²) in [6.07, 6.45) is 3.31. The summed E-state index contributed by atoms with van der Waals surface area (Å²) in [5.74, 6) is 0.733. The van der Waals surface area contributed by atoms with E-state index in [2.05, 4.69) is 39.3 Å². The molecule has 0 amide bonds. The normalized spacial score (nSPS) is 11.9. The molecule has 3 aromatic rings. The van der Waals surface area contributed by atoms with Crippen molar-refractivity contribution in [1.82, 2.24) is 15.0 Å².